The van der Waals surface area contributed by atoms with Crippen molar-refractivity contribution >= 4 is 11.8 Å². The molecule has 1 fully saturated rings. The highest BCUT2D eigenvalue weighted by molar-refractivity contribution is 7.99. The van der Waals surface area contributed by atoms with E-state index in [1.54, 1.807) is 0 Å². The van der Waals surface area contributed by atoms with Gasteiger partial charge in [-0.25, -0.2) is 0 Å². The van der Waals surface area contributed by atoms with Crippen LogP contribution in [0.3, 0.4) is 0 Å². The van der Waals surface area contributed by atoms with E-state index in [-0.39, 0.29) is 0 Å². The molecule has 1 N–H and O–H groups in total. The van der Waals surface area contributed by atoms with Crippen LogP contribution in [0.2, 0.25) is 0 Å². The predicted molar refractivity (Wildman–Crippen MR) is 67.0 cm³/mol. The molecular weight excluding hydrogens is 190 g/mol. The lowest BCUT2D eigenvalue weighted by Crippen LogP contribution is -2.22. The number of rotatable bonds is 7. The highest BCUT2D eigenvalue weighted by Crippen LogP contribution is 2.34. The molecule has 2 atom stereocenters. The molecule has 14 heavy (non-hydrogen) atoms. The van der Waals surface area contributed by atoms with Gasteiger partial charge in [0, 0.05) is 0 Å². The van der Waals surface area contributed by atoms with Crippen LogP contribution in [-0.4, -0.2) is 25.1 Å². The van der Waals surface area contributed by atoms with E-state index in [2.05, 4.69) is 31.1 Å². The molecule has 2 heteroatoms. The van der Waals surface area contributed by atoms with Gasteiger partial charge in [0.15, 0.2) is 0 Å². The molecule has 1 aliphatic carbocycles. The highest BCUT2D eigenvalue weighted by Gasteiger charge is 2.25. The molecule has 0 aromatic rings. The van der Waals surface area contributed by atoms with Crippen LogP contribution < -0.4 is 5.32 Å². The molecule has 0 amide bonds. The Morgan fingerprint density at radius 3 is 2.79 bits per heavy atom. The first-order chi connectivity index (χ1) is 6.88. The Bertz CT molecular complexity index is 138. The zero-order chi connectivity index (χ0) is 10.2. The third-order valence-electron chi connectivity index (χ3n) is 3.35. The first-order valence-corrected chi connectivity index (χ1v) is 7.26. The van der Waals surface area contributed by atoms with E-state index < -0.39 is 0 Å². The van der Waals surface area contributed by atoms with Gasteiger partial charge in [0.25, 0.3) is 0 Å². The number of thioether (sulfide) groups is 1. The SMILES string of the molecule is CCSCCCC1CCCC1CNC. The normalized spacial score (nSPS) is 27.0. The molecular formula is C12H25NS. The van der Waals surface area contributed by atoms with E-state index in [0.29, 0.717) is 0 Å². The van der Waals surface area contributed by atoms with Crippen molar-refractivity contribution in [3.05, 3.63) is 0 Å². The molecule has 0 spiro atoms. The standard InChI is InChI=1S/C12H25NS/c1-3-14-9-5-8-11-6-4-7-12(11)10-13-2/h11-13H,3-10H2,1-2H3. The Hall–Kier alpha value is 0.310. The summed E-state index contributed by atoms with van der Waals surface area (Å²) in [5.74, 6) is 4.66. The van der Waals surface area contributed by atoms with Crippen LogP contribution in [-0.2, 0) is 0 Å². The summed E-state index contributed by atoms with van der Waals surface area (Å²) in [5.41, 5.74) is 0. The van der Waals surface area contributed by atoms with Gasteiger partial charge in [-0.2, -0.15) is 11.8 Å². The third kappa shape index (κ3) is 4.22. The summed E-state index contributed by atoms with van der Waals surface area (Å²) < 4.78 is 0. The van der Waals surface area contributed by atoms with E-state index in [0.717, 1.165) is 11.8 Å². The van der Waals surface area contributed by atoms with Crippen LogP contribution in [0.15, 0.2) is 0 Å². The molecule has 0 aromatic heterocycles. The van der Waals surface area contributed by atoms with Crippen molar-refractivity contribution in [3.8, 4) is 0 Å². The third-order valence-corrected chi connectivity index (χ3v) is 4.34. The lowest BCUT2D eigenvalue weighted by Gasteiger charge is -2.18. The molecule has 1 saturated carbocycles. The second-order valence-corrected chi connectivity index (χ2v) is 5.74. The van der Waals surface area contributed by atoms with Gasteiger partial charge in [-0.3, -0.25) is 0 Å². The maximum absolute atomic E-state index is 3.34. The lowest BCUT2D eigenvalue weighted by atomic mass is 9.92. The van der Waals surface area contributed by atoms with Gasteiger partial charge in [0.1, 0.15) is 0 Å². The van der Waals surface area contributed by atoms with Crippen molar-refractivity contribution in [3.63, 3.8) is 0 Å². The molecule has 0 radical (unpaired) electrons. The minimum absolute atomic E-state index is 0.978. The summed E-state index contributed by atoms with van der Waals surface area (Å²) in [6.07, 6.45) is 7.33. The van der Waals surface area contributed by atoms with Gasteiger partial charge in [0.2, 0.25) is 0 Å². The first kappa shape index (κ1) is 12.4. The summed E-state index contributed by atoms with van der Waals surface area (Å²) in [6.45, 7) is 3.50. The molecule has 1 rings (SSSR count). The van der Waals surface area contributed by atoms with E-state index in [1.165, 1.54) is 50.2 Å². The summed E-state index contributed by atoms with van der Waals surface area (Å²) in [6, 6.07) is 0. The number of nitrogens with one attached hydrogen (secondary N) is 1. The second-order valence-electron chi connectivity index (χ2n) is 4.35. The Morgan fingerprint density at radius 1 is 1.29 bits per heavy atom. The Morgan fingerprint density at radius 2 is 2.07 bits per heavy atom. The molecule has 1 nitrogen and oxygen atoms in total. The van der Waals surface area contributed by atoms with Crippen molar-refractivity contribution in [2.24, 2.45) is 11.8 Å². The van der Waals surface area contributed by atoms with Gasteiger partial charge in [-0.15, -0.1) is 0 Å². The van der Waals surface area contributed by atoms with E-state index >= 15 is 0 Å². The topological polar surface area (TPSA) is 12.0 Å². The second kappa shape index (κ2) is 7.58. The van der Waals surface area contributed by atoms with Crippen LogP contribution in [0.5, 0.6) is 0 Å². The van der Waals surface area contributed by atoms with Gasteiger partial charge < -0.3 is 5.32 Å². The van der Waals surface area contributed by atoms with Gasteiger partial charge in [0.05, 0.1) is 0 Å². The van der Waals surface area contributed by atoms with Gasteiger partial charge >= 0.3 is 0 Å². The maximum atomic E-state index is 3.34. The maximum Gasteiger partial charge on any atom is -0.00209 e. The van der Waals surface area contributed by atoms with E-state index in [4.69, 9.17) is 0 Å². The fourth-order valence-corrected chi connectivity index (χ4v) is 3.28. The van der Waals surface area contributed by atoms with E-state index in [9.17, 15) is 0 Å². The predicted octanol–water partition coefficient (Wildman–Crippen LogP) is 3.16. The summed E-state index contributed by atoms with van der Waals surface area (Å²) in [7, 11) is 2.09. The number of hydrogen-bond donors (Lipinski definition) is 1. The fraction of sp³-hybridized carbons (Fsp3) is 1.00. The number of hydrogen-bond acceptors (Lipinski definition) is 2. The zero-order valence-electron chi connectivity index (χ0n) is 9.72. The zero-order valence-corrected chi connectivity index (χ0v) is 10.5. The van der Waals surface area contributed by atoms with Crippen LogP contribution in [0.25, 0.3) is 0 Å². The summed E-state index contributed by atoms with van der Waals surface area (Å²) in [5, 5.41) is 3.34. The van der Waals surface area contributed by atoms with Crippen LogP contribution in [0.4, 0.5) is 0 Å². The smallest absolute Gasteiger partial charge is 0.00209 e. The Balaban J connectivity index is 2.09. The monoisotopic (exact) mass is 215 g/mol. The van der Waals surface area contributed by atoms with Gasteiger partial charge in [-0.1, -0.05) is 19.8 Å². The fourth-order valence-electron chi connectivity index (χ4n) is 2.62. The van der Waals surface area contributed by atoms with Crippen LogP contribution in [0.1, 0.15) is 39.0 Å². The molecule has 0 saturated heterocycles. The Kier molecular flexibility index (Phi) is 6.70. The molecule has 0 bridgehead atoms. The molecule has 0 aliphatic heterocycles. The largest absolute Gasteiger partial charge is 0.319 e. The van der Waals surface area contributed by atoms with Crippen molar-refractivity contribution in [2.45, 2.75) is 39.0 Å². The molecule has 2 unspecified atom stereocenters. The van der Waals surface area contributed by atoms with Crippen molar-refractivity contribution in [1.82, 2.24) is 5.32 Å². The molecule has 0 aromatic carbocycles. The molecule has 1 aliphatic rings. The van der Waals surface area contributed by atoms with E-state index in [1.807, 2.05) is 0 Å². The minimum atomic E-state index is 0.978. The minimum Gasteiger partial charge on any atom is -0.319 e. The summed E-state index contributed by atoms with van der Waals surface area (Å²) in [4.78, 5) is 0. The molecule has 84 valence electrons. The van der Waals surface area contributed by atoms with Crippen molar-refractivity contribution in [1.29, 1.82) is 0 Å². The average molecular weight is 215 g/mol. The highest BCUT2D eigenvalue weighted by atomic mass is 32.2. The lowest BCUT2D eigenvalue weighted by molar-refractivity contribution is 0.353. The summed E-state index contributed by atoms with van der Waals surface area (Å²) >= 11 is 2.09. The van der Waals surface area contributed by atoms with Crippen LogP contribution >= 0.6 is 11.8 Å². The quantitative estimate of drug-likeness (QED) is 0.655. The van der Waals surface area contributed by atoms with Crippen molar-refractivity contribution < 1.29 is 0 Å². The Labute approximate surface area is 93.4 Å². The van der Waals surface area contributed by atoms with Crippen molar-refractivity contribution in [2.75, 3.05) is 25.1 Å². The average Bonchev–Trinajstić information content (AvgIpc) is 2.61. The molecule has 0 heterocycles. The van der Waals surface area contributed by atoms with Crippen LogP contribution in [0, 0.1) is 11.8 Å². The first-order valence-electron chi connectivity index (χ1n) is 6.10. The van der Waals surface area contributed by atoms with Gasteiger partial charge in [-0.05, 0) is 56.2 Å².